The molecule has 0 saturated heterocycles. The van der Waals surface area contributed by atoms with Gasteiger partial charge in [0.1, 0.15) is 0 Å². The molecule has 0 aliphatic rings. The van der Waals surface area contributed by atoms with Crippen LogP contribution in [0.5, 0.6) is 0 Å². The third-order valence-corrected chi connectivity index (χ3v) is 2.01. The number of nitro groups is 1. The van der Waals surface area contributed by atoms with Crippen LogP contribution in [0, 0.1) is 28.9 Å². The number of benzene rings is 1. The predicted octanol–water partition coefficient (Wildman–Crippen LogP) is 2.90. The van der Waals surface area contributed by atoms with E-state index in [2.05, 4.69) is 12.8 Å². The average molecular weight is 250 g/mol. The first-order chi connectivity index (χ1) is 7.93. The molecule has 0 fully saturated rings. The number of anilines is 1. The molecule has 18 heavy (non-hydrogen) atoms. The Morgan fingerprint density at radius 2 is 1.89 bits per heavy atom. The summed E-state index contributed by atoms with van der Waals surface area (Å²) < 4.78 is 0. The standard InChI is InChI=1S/C10H12N2O3.C2H2.CH4/c1-6(2)10(13)8-5-7(11)3-4-9(8)12(14)15;1-2;/h3-6H,11H2,1-2H3;1-2H;1H4. The van der Waals surface area contributed by atoms with Crippen LogP contribution in [0.15, 0.2) is 18.2 Å². The van der Waals surface area contributed by atoms with Crippen LogP contribution >= 0.6 is 0 Å². The van der Waals surface area contributed by atoms with E-state index in [-0.39, 0.29) is 30.4 Å². The third-order valence-electron chi connectivity index (χ3n) is 2.01. The fraction of sp³-hybridized carbons (Fsp3) is 0.308. The van der Waals surface area contributed by atoms with Crippen LogP contribution in [-0.4, -0.2) is 10.7 Å². The van der Waals surface area contributed by atoms with Crippen LogP contribution in [0.25, 0.3) is 0 Å². The molecule has 1 aromatic rings. The minimum absolute atomic E-state index is 0. The minimum Gasteiger partial charge on any atom is -0.399 e. The zero-order chi connectivity index (χ0) is 13.6. The molecule has 0 aliphatic carbocycles. The first-order valence-corrected chi connectivity index (χ1v) is 4.85. The van der Waals surface area contributed by atoms with Gasteiger partial charge in [-0.15, -0.1) is 12.8 Å². The molecule has 1 rings (SSSR count). The second-order valence-corrected chi connectivity index (χ2v) is 3.55. The molecular weight excluding hydrogens is 232 g/mol. The number of Topliss-reactive ketones (excluding diaryl/α,β-unsaturated/α-hetero) is 1. The normalized spacial score (nSPS) is 8.72. The lowest BCUT2D eigenvalue weighted by Gasteiger charge is -2.05. The van der Waals surface area contributed by atoms with Gasteiger partial charge in [0.15, 0.2) is 5.78 Å². The van der Waals surface area contributed by atoms with Crippen molar-refractivity contribution in [3.63, 3.8) is 0 Å². The quantitative estimate of drug-likeness (QED) is 0.294. The molecule has 0 radical (unpaired) electrons. The molecule has 5 nitrogen and oxygen atoms in total. The summed E-state index contributed by atoms with van der Waals surface area (Å²) in [4.78, 5) is 21.8. The summed E-state index contributed by atoms with van der Waals surface area (Å²) in [5.74, 6) is -0.556. The molecule has 0 heterocycles. The molecule has 1 aromatic carbocycles. The maximum Gasteiger partial charge on any atom is 0.280 e. The lowest BCUT2D eigenvalue weighted by atomic mass is 9.99. The predicted molar refractivity (Wildman–Crippen MR) is 73.3 cm³/mol. The number of nitro benzene ring substituents is 1. The number of carbonyl (C=O) groups excluding carboxylic acids is 1. The molecule has 98 valence electrons. The van der Waals surface area contributed by atoms with Crippen LogP contribution in [-0.2, 0) is 0 Å². The number of carbonyl (C=O) groups is 1. The van der Waals surface area contributed by atoms with Gasteiger partial charge in [-0.1, -0.05) is 21.3 Å². The van der Waals surface area contributed by atoms with E-state index in [1.807, 2.05) is 0 Å². The van der Waals surface area contributed by atoms with Gasteiger partial charge in [-0.25, -0.2) is 0 Å². The summed E-state index contributed by atoms with van der Waals surface area (Å²) in [6.45, 7) is 3.38. The first-order valence-electron chi connectivity index (χ1n) is 4.85. The summed E-state index contributed by atoms with van der Waals surface area (Å²) in [6, 6.07) is 4.01. The van der Waals surface area contributed by atoms with Crippen molar-refractivity contribution in [1.29, 1.82) is 0 Å². The molecule has 0 spiro atoms. The zero-order valence-electron chi connectivity index (χ0n) is 9.71. The minimum atomic E-state index is -0.574. The van der Waals surface area contributed by atoms with E-state index in [1.54, 1.807) is 13.8 Å². The Morgan fingerprint density at radius 1 is 1.39 bits per heavy atom. The van der Waals surface area contributed by atoms with Gasteiger partial charge in [-0.3, -0.25) is 14.9 Å². The van der Waals surface area contributed by atoms with Crippen LogP contribution in [0.1, 0.15) is 31.6 Å². The maximum atomic E-state index is 11.7. The lowest BCUT2D eigenvalue weighted by molar-refractivity contribution is -0.385. The SMILES string of the molecule is C.C#C.CC(C)C(=O)c1cc(N)ccc1[N+](=O)[O-]. The zero-order valence-corrected chi connectivity index (χ0v) is 9.71. The molecule has 0 unspecified atom stereocenters. The van der Waals surface area contributed by atoms with Crippen molar-refractivity contribution >= 4 is 17.2 Å². The van der Waals surface area contributed by atoms with Gasteiger partial charge in [0, 0.05) is 17.7 Å². The van der Waals surface area contributed by atoms with E-state index in [9.17, 15) is 14.9 Å². The largest absolute Gasteiger partial charge is 0.399 e. The van der Waals surface area contributed by atoms with E-state index in [4.69, 9.17) is 5.73 Å². The number of terminal acetylenes is 1. The Hall–Kier alpha value is -2.35. The van der Waals surface area contributed by atoms with E-state index < -0.39 is 4.92 Å². The molecule has 0 aliphatic heterocycles. The molecule has 0 saturated carbocycles. The van der Waals surface area contributed by atoms with Gasteiger partial charge in [0.05, 0.1) is 10.5 Å². The number of hydrogen-bond acceptors (Lipinski definition) is 4. The van der Waals surface area contributed by atoms with E-state index in [0.29, 0.717) is 5.69 Å². The second-order valence-electron chi connectivity index (χ2n) is 3.55. The summed E-state index contributed by atoms with van der Waals surface area (Å²) in [5.41, 5.74) is 5.73. The Bertz CT molecular complexity index is 451. The van der Waals surface area contributed by atoms with Gasteiger partial charge in [-0.05, 0) is 12.1 Å². The molecule has 0 atom stereocenters. The summed E-state index contributed by atoms with van der Waals surface area (Å²) >= 11 is 0. The van der Waals surface area contributed by atoms with Gasteiger partial charge < -0.3 is 5.73 Å². The first kappa shape index (κ1) is 18.0. The maximum absolute atomic E-state index is 11.7. The van der Waals surface area contributed by atoms with Crippen molar-refractivity contribution in [2.75, 3.05) is 5.73 Å². The highest BCUT2D eigenvalue weighted by atomic mass is 16.6. The smallest absolute Gasteiger partial charge is 0.280 e. The van der Waals surface area contributed by atoms with Crippen LogP contribution in [0.2, 0.25) is 0 Å². The summed E-state index contributed by atoms with van der Waals surface area (Å²) in [5, 5.41) is 10.7. The number of hydrogen-bond donors (Lipinski definition) is 1. The molecule has 0 aromatic heterocycles. The highest BCUT2D eigenvalue weighted by molar-refractivity contribution is 6.01. The number of nitrogens with zero attached hydrogens (tertiary/aromatic N) is 1. The molecular formula is C13H18N2O3. The van der Waals surface area contributed by atoms with Crippen LogP contribution in [0.4, 0.5) is 11.4 Å². The van der Waals surface area contributed by atoms with Gasteiger partial charge >= 0.3 is 0 Å². The Labute approximate surface area is 107 Å². The number of nitrogen functional groups attached to an aromatic ring is 1. The van der Waals surface area contributed by atoms with Gasteiger partial charge in [0.2, 0.25) is 0 Å². The van der Waals surface area contributed by atoms with Crippen LogP contribution in [0.3, 0.4) is 0 Å². The Balaban J connectivity index is 0. The van der Waals surface area contributed by atoms with Crippen molar-refractivity contribution in [3.8, 4) is 12.8 Å². The van der Waals surface area contributed by atoms with Crippen molar-refractivity contribution in [1.82, 2.24) is 0 Å². The fourth-order valence-electron chi connectivity index (χ4n) is 1.22. The van der Waals surface area contributed by atoms with Crippen molar-refractivity contribution in [3.05, 3.63) is 33.9 Å². The van der Waals surface area contributed by atoms with E-state index in [1.165, 1.54) is 18.2 Å². The summed E-state index contributed by atoms with van der Waals surface area (Å²) in [6.07, 6.45) is 8.00. The topological polar surface area (TPSA) is 86.2 Å². The Kier molecular flexibility index (Phi) is 7.86. The summed E-state index contributed by atoms with van der Waals surface area (Å²) in [7, 11) is 0. The fourth-order valence-corrected chi connectivity index (χ4v) is 1.22. The van der Waals surface area contributed by atoms with Crippen molar-refractivity contribution in [2.45, 2.75) is 21.3 Å². The molecule has 5 heteroatoms. The third kappa shape index (κ3) is 4.26. The molecule has 0 amide bonds. The average Bonchev–Trinajstić information content (AvgIpc) is 2.30. The Morgan fingerprint density at radius 3 is 2.28 bits per heavy atom. The number of ketones is 1. The molecule has 2 N–H and O–H groups in total. The highest BCUT2D eigenvalue weighted by Crippen LogP contribution is 2.23. The van der Waals surface area contributed by atoms with E-state index in [0.717, 1.165) is 0 Å². The lowest BCUT2D eigenvalue weighted by Crippen LogP contribution is -2.10. The van der Waals surface area contributed by atoms with Gasteiger partial charge in [0.25, 0.3) is 5.69 Å². The van der Waals surface area contributed by atoms with Crippen molar-refractivity contribution in [2.24, 2.45) is 5.92 Å². The highest BCUT2D eigenvalue weighted by Gasteiger charge is 2.21. The number of rotatable bonds is 3. The van der Waals surface area contributed by atoms with Gasteiger partial charge in [-0.2, -0.15) is 0 Å². The monoisotopic (exact) mass is 250 g/mol. The van der Waals surface area contributed by atoms with E-state index >= 15 is 0 Å². The van der Waals surface area contributed by atoms with Crippen LogP contribution < -0.4 is 5.73 Å². The number of nitrogens with two attached hydrogens (primary N) is 1. The molecule has 0 bridgehead atoms. The second kappa shape index (κ2) is 7.85. The van der Waals surface area contributed by atoms with Crippen molar-refractivity contribution < 1.29 is 9.72 Å².